The third kappa shape index (κ3) is 4.58. The average molecular weight is 354 g/mol. The van der Waals surface area contributed by atoms with Gasteiger partial charge in [-0.25, -0.2) is 4.79 Å². The van der Waals surface area contributed by atoms with Gasteiger partial charge in [0.25, 0.3) is 0 Å². The Bertz CT molecular complexity index is 761. The number of ether oxygens (including phenoxy) is 3. The summed E-state index contributed by atoms with van der Waals surface area (Å²) in [4.78, 5) is 12.3. The van der Waals surface area contributed by atoms with Gasteiger partial charge in [-0.2, -0.15) is 0 Å². The number of rotatable bonds is 5. The molecule has 1 saturated heterocycles. The Labute approximate surface area is 152 Å². The van der Waals surface area contributed by atoms with Crippen LogP contribution in [0.1, 0.15) is 22.8 Å². The first-order valence-electron chi connectivity index (χ1n) is 8.48. The standard InChI is InChI=1S/C21H22O5/c1-21(13-22)14-24-19(25-15-21)12-11-16-7-5-6-10-18(16)26-20(23)17-8-3-2-4-9-17/h2-12,19,22H,13-15H2,1H3/b12-11+. The molecule has 0 spiro atoms. The number of hydrogen-bond donors (Lipinski definition) is 1. The van der Waals surface area contributed by atoms with Crippen LogP contribution in [0, 0.1) is 5.41 Å². The zero-order chi connectivity index (χ0) is 18.4. The summed E-state index contributed by atoms with van der Waals surface area (Å²) in [6.07, 6.45) is 3.08. The molecule has 0 radical (unpaired) electrons. The van der Waals surface area contributed by atoms with Crippen molar-refractivity contribution in [1.29, 1.82) is 0 Å². The third-order valence-electron chi connectivity index (χ3n) is 4.14. The summed E-state index contributed by atoms with van der Waals surface area (Å²) in [5.41, 5.74) is 0.876. The normalized spacial score (nSPS) is 23.1. The quantitative estimate of drug-likeness (QED) is 0.659. The SMILES string of the molecule is CC1(CO)COC(/C=C/c2ccccc2OC(=O)c2ccccc2)OC1. The molecule has 0 bridgehead atoms. The minimum Gasteiger partial charge on any atom is -0.422 e. The van der Waals surface area contributed by atoms with Crippen molar-refractivity contribution in [2.24, 2.45) is 5.41 Å². The van der Waals surface area contributed by atoms with E-state index in [1.807, 2.05) is 31.2 Å². The lowest BCUT2D eigenvalue weighted by Gasteiger charge is -2.34. The van der Waals surface area contributed by atoms with Crippen molar-refractivity contribution in [3.63, 3.8) is 0 Å². The second-order valence-electron chi connectivity index (χ2n) is 6.61. The molecule has 1 aliphatic heterocycles. The molecule has 0 unspecified atom stereocenters. The summed E-state index contributed by atoms with van der Waals surface area (Å²) in [5.74, 6) is 0.0592. The van der Waals surface area contributed by atoms with Crippen LogP contribution < -0.4 is 4.74 Å². The molecule has 3 rings (SSSR count). The summed E-state index contributed by atoms with van der Waals surface area (Å²) in [6.45, 7) is 2.76. The predicted octanol–water partition coefficient (Wildman–Crippen LogP) is 3.29. The van der Waals surface area contributed by atoms with E-state index in [1.165, 1.54) is 0 Å². The van der Waals surface area contributed by atoms with Crippen molar-refractivity contribution >= 4 is 12.0 Å². The fourth-order valence-corrected chi connectivity index (χ4v) is 2.49. The Morgan fingerprint density at radius 3 is 2.50 bits per heavy atom. The first-order valence-corrected chi connectivity index (χ1v) is 8.48. The minimum atomic E-state index is -0.493. The highest BCUT2D eigenvalue weighted by Crippen LogP contribution is 2.25. The van der Waals surface area contributed by atoms with Crippen molar-refractivity contribution in [2.45, 2.75) is 13.2 Å². The van der Waals surface area contributed by atoms with Crippen LogP contribution in [0.25, 0.3) is 6.08 Å². The zero-order valence-corrected chi connectivity index (χ0v) is 14.6. The number of hydrogen-bond acceptors (Lipinski definition) is 5. The molecule has 1 aliphatic rings. The maximum absolute atomic E-state index is 12.3. The van der Waals surface area contributed by atoms with Crippen LogP contribution in [0.2, 0.25) is 0 Å². The first-order chi connectivity index (χ1) is 12.6. The van der Waals surface area contributed by atoms with Gasteiger partial charge >= 0.3 is 5.97 Å². The summed E-state index contributed by atoms with van der Waals surface area (Å²) in [7, 11) is 0. The predicted molar refractivity (Wildman–Crippen MR) is 97.8 cm³/mol. The van der Waals surface area contributed by atoms with Crippen molar-refractivity contribution < 1.29 is 24.1 Å². The van der Waals surface area contributed by atoms with E-state index in [0.717, 1.165) is 5.56 Å². The van der Waals surface area contributed by atoms with Gasteiger partial charge in [-0.1, -0.05) is 49.4 Å². The molecule has 2 aromatic rings. The fraction of sp³-hybridized carbons (Fsp3) is 0.286. The second-order valence-corrected chi connectivity index (χ2v) is 6.61. The molecule has 1 heterocycles. The second kappa shape index (κ2) is 8.27. The van der Waals surface area contributed by atoms with E-state index in [1.54, 1.807) is 42.5 Å². The van der Waals surface area contributed by atoms with Gasteiger partial charge in [-0.3, -0.25) is 0 Å². The van der Waals surface area contributed by atoms with Gasteiger partial charge in [0.1, 0.15) is 5.75 Å². The van der Waals surface area contributed by atoms with Crippen molar-refractivity contribution in [1.82, 2.24) is 0 Å². The van der Waals surface area contributed by atoms with Crippen LogP contribution >= 0.6 is 0 Å². The molecule has 2 aromatic carbocycles. The molecule has 0 aliphatic carbocycles. The molecule has 0 aromatic heterocycles. The van der Waals surface area contributed by atoms with E-state index < -0.39 is 12.3 Å². The smallest absolute Gasteiger partial charge is 0.343 e. The monoisotopic (exact) mass is 354 g/mol. The number of esters is 1. The molecular formula is C21H22O5. The van der Waals surface area contributed by atoms with E-state index >= 15 is 0 Å². The summed E-state index contributed by atoms with van der Waals surface area (Å²) in [5, 5.41) is 9.33. The van der Waals surface area contributed by atoms with Crippen molar-refractivity contribution in [3.05, 3.63) is 71.8 Å². The largest absolute Gasteiger partial charge is 0.422 e. The Morgan fingerprint density at radius 2 is 1.81 bits per heavy atom. The van der Waals surface area contributed by atoms with Crippen LogP contribution in [-0.4, -0.2) is 37.2 Å². The number of aliphatic hydroxyl groups is 1. The minimum absolute atomic E-state index is 0.0156. The van der Waals surface area contributed by atoms with Gasteiger partial charge in [-0.05, 0) is 24.3 Å². The number of aliphatic hydroxyl groups excluding tert-OH is 1. The molecule has 26 heavy (non-hydrogen) atoms. The fourth-order valence-electron chi connectivity index (χ4n) is 2.49. The molecule has 0 atom stereocenters. The molecule has 5 heteroatoms. The van der Waals surface area contributed by atoms with Crippen LogP contribution in [0.15, 0.2) is 60.7 Å². The average Bonchev–Trinajstić information content (AvgIpc) is 2.69. The molecule has 5 nitrogen and oxygen atoms in total. The number of carbonyl (C=O) groups is 1. The van der Waals surface area contributed by atoms with E-state index in [9.17, 15) is 9.90 Å². The number of para-hydroxylation sites is 1. The Hall–Kier alpha value is -2.47. The number of carbonyl (C=O) groups excluding carboxylic acids is 1. The van der Waals surface area contributed by atoms with Gasteiger partial charge < -0.3 is 19.3 Å². The number of benzene rings is 2. The highest BCUT2D eigenvalue weighted by atomic mass is 16.7. The highest BCUT2D eigenvalue weighted by molar-refractivity contribution is 5.91. The van der Waals surface area contributed by atoms with E-state index in [-0.39, 0.29) is 12.0 Å². The van der Waals surface area contributed by atoms with E-state index in [0.29, 0.717) is 24.5 Å². The van der Waals surface area contributed by atoms with Gasteiger partial charge in [0.05, 0.1) is 25.4 Å². The van der Waals surface area contributed by atoms with Gasteiger partial charge in [0.15, 0.2) is 6.29 Å². The summed E-state index contributed by atoms with van der Waals surface area (Å²) in [6, 6.07) is 16.1. The first kappa shape index (κ1) is 18.3. The molecular weight excluding hydrogens is 332 g/mol. The maximum atomic E-state index is 12.3. The summed E-state index contributed by atoms with van der Waals surface area (Å²) >= 11 is 0. The Kier molecular flexibility index (Phi) is 5.83. The zero-order valence-electron chi connectivity index (χ0n) is 14.6. The molecule has 0 saturated carbocycles. The van der Waals surface area contributed by atoms with Crippen LogP contribution in [0.3, 0.4) is 0 Å². The topological polar surface area (TPSA) is 65.0 Å². The van der Waals surface area contributed by atoms with E-state index in [4.69, 9.17) is 14.2 Å². The Morgan fingerprint density at radius 1 is 1.15 bits per heavy atom. The molecule has 136 valence electrons. The van der Waals surface area contributed by atoms with Gasteiger partial charge in [-0.15, -0.1) is 0 Å². The van der Waals surface area contributed by atoms with Crippen LogP contribution in [0.5, 0.6) is 5.75 Å². The van der Waals surface area contributed by atoms with Gasteiger partial charge in [0.2, 0.25) is 0 Å². The van der Waals surface area contributed by atoms with Crippen molar-refractivity contribution in [2.75, 3.05) is 19.8 Å². The third-order valence-corrected chi connectivity index (χ3v) is 4.14. The lowest BCUT2D eigenvalue weighted by molar-refractivity contribution is -0.209. The lowest BCUT2D eigenvalue weighted by atomic mass is 9.94. The van der Waals surface area contributed by atoms with Crippen molar-refractivity contribution in [3.8, 4) is 5.75 Å². The molecule has 1 fully saturated rings. The lowest BCUT2D eigenvalue weighted by Crippen LogP contribution is -2.41. The Balaban J connectivity index is 1.67. The van der Waals surface area contributed by atoms with E-state index in [2.05, 4.69) is 0 Å². The van der Waals surface area contributed by atoms with Gasteiger partial charge in [0, 0.05) is 11.0 Å². The highest BCUT2D eigenvalue weighted by Gasteiger charge is 2.31. The molecule has 0 amide bonds. The summed E-state index contributed by atoms with van der Waals surface area (Å²) < 4.78 is 16.8. The van der Waals surface area contributed by atoms with Crippen LogP contribution in [0.4, 0.5) is 0 Å². The maximum Gasteiger partial charge on any atom is 0.343 e. The van der Waals surface area contributed by atoms with Crippen LogP contribution in [-0.2, 0) is 9.47 Å². The molecule has 1 N–H and O–H groups in total.